The third kappa shape index (κ3) is 2.91. The van der Waals surface area contributed by atoms with Crippen LogP contribution in [0.5, 0.6) is 0 Å². The van der Waals surface area contributed by atoms with Crippen molar-refractivity contribution in [2.75, 3.05) is 19.6 Å². The highest BCUT2D eigenvalue weighted by Gasteiger charge is 2.30. The minimum Gasteiger partial charge on any atom is -0.302 e. The highest BCUT2D eigenvalue weighted by atomic mass is 16.1. The SMILES string of the molecule is O=C(c1cnc2ccccc2c1)C1CCCN(CC2CC2)C1. The number of piperidine rings is 1. The standard InChI is InChI=1S/C19H22N2O/c22-19(16-5-3-9-21(13-16)12-14-7-8-14)17-10-15-4-1-2-6-18(15)20-11-17/h1-2,4,6,10-11,14,16H,3,5,7-9,12-13H2. The number of benzene rings is 1. The van der Waals surface area contributed by atoms with E-state index in [9.17, 15) is 4.79 Å². The molecule has 114 valence electrons. The first kappa shape index (κ1) is 13.9. The number of aromatic nitrogens is 1. The zero-order chi connectivity index (χ0) is 14.9. The van der Waals surface area contributed by atoms with Gasteiger partial charge in [-0.1, -0.05) is 18.2 Å². The summed E-state index contributed by atoms with van der Waals surface area (Å²) in [6.45, 7) is 3.29. The van der Waals surface area contributed by atoms with Crippen molar-refractivity contribution in [2.24, 2.45) is 11.8 Å². The van der Waals surface area contributed by atoms with Gasteiger partial charge in [-0.2, -0.15) is 0 Å². The second-order valence-corrected chi connectivity index (χ2v) is 6.82. The molecule has 1 aromatic carbocycles. The first-order valence-electron chi connectivity index (χ1n) is 8.41. The second-order valence-electron chi connectivity index (χ2n) is 6.82. The van der Waals surface area contributed by atoms with Crippen molar-refractivity contribution in [3.8, 4) is 0 Å². The number of likely N-dealkylation sites (tertiary alicyclic amines) is 1. The number of rotatable bonds is 4. The molecule has 2 fully saturated rings. The minimum absolute atomic E-state index is 0.149. The number of carbonyl (C=O) groups excluding carboxylic acids is 1. The smallest absolute Gasteiger partial charge is 0.168 e. The van der Waals surface area contributed by atoms with E-state index in [1.807, 2.05) is 30.3 Å². The van der Waals surface area contributed by atoms with Gasteiger partial charge in [0.1, 0.15) is 0 Å². The van der Waals surface area contributed by atoms with Gasteiger partial charge >= 0.3 is 0 Å². The molecule has 1 unspecified atom stereocenters. The summed E-state index contributed by atoms with van der Waals surface area (Å²) in [6, 6.07) is 10.00. The maximum Gasteiger partial charge on any atom is 0.168 e. The fourth-order valence-electron chi connectivity index (χ4n) is 3.54. The fourth-order valence-corrected chi connectivity index (χ4v) is 3.54. The highest BCUT2D eigenvalue weighted by Crippen LogP contribution is 2.31. The van der Waals surface area contributed by atoms with Gasteiger partial charge in [0.05, 0.1) is 5.52 Å². The van der Waals surface area contributed by atoms with Crippen LogP contribution in [0.15, 0.2) is 36.5 Å². The number of carbonyl (C=O) groups is 1. The first-order valence-corrected chi connectivity index (χ1v) is 8.41. The predicted octanol–water partition coefficient (Wildman–Crippen LogP) is 3.54. The Hall–Kier alpha value is -1.74. The molecular formula is C19H22N2O. The molecule has 22 heavy (non-hydrogen) atoms. The van der Waals surface area contributed by atoms with Crippen LogP contribution in [0.4, 0.5) is 0 Å². The first-order chi connectivity index (χ1) is 10.8. The summed E-state index contributed by atoms with van der Waals surface area (Å²) >= 11 is 0. The van der Waals surface area contributed by atoms with Gasteiger partial charge in [-0.3, -0.25) is 9.78 Å². The van der Waals surface area contributed by atoms with Crippen LogP contribution in [0.25, 0.3) is 10.9 Å². The van der Waals surface area contributed by atoms with Crippen molar-refractivity contribution in [3.63, 3.8) is 0 Å². The lowest BCUT2D eigenvalue weighted by atomic mass is 9.90. The van der Waals surface area contributed by atoms with Crippen LogP contribution in [0, 0.1) is 11.8 Å². The van der Waals surface area contributed by atoms with Gasteiger partial charge in [0, 0.05) is 36.2 Å². The van der Waals surface area contributed by atoms with Crippen LogP contribution in [0.2, 0.25) is 0 Å². The third-order valence-electron chi connectivity index (χ3n) is 4.96. The van der Waals surface area contributed by atoms with E-state index in [0.29, 0.717) is 0 Å². The van der Waals surface area contributed by atoms with E-state index in [-0.39, 0.29) is 11.7 Å². The molecule has 2 heterocycles. The lowest BCUT2D eigenvalue weighted by Crippen LogP contribution is -2.39. The lowest BCUT2D eigenvalue weighted by Gasteiger charge is -2.32. The average molecular weight is 294 g/mol. The van der Waals surface area contributed by atoms with Gasteiger partial charge < -0.3 is 4.90 Å². The molecule has 3 nitrogen and oxygen atoms in total. The molecule has 1 saturated carbocycles. The van der Waals surface area contributed by atoms with E-state index < -0.39 is 0 Å². The number of hydrogen-bond donors (Lipinski definition) is 0. The Labute approximate surface area is 131 Å². The van der Waals surface area contributed by atoms with Gasteiger partial charge in [-0.25, -0.2) is 0 Å². The van der Waals surface area contributed by atoms with Crippen molar-refractivity contribution in [1.82, 2.24) is 9.88 Å². The van der Waals surface area contributed by atoms with Crippen molar-refractivity contribution < 1.29 is 4.79 Å². The number of fused-ring (bicyclic) bond motifs is 1. The van der Waals surface area contributed by atoms with Crippen LogP contribution in [-0.4, -0.2) is 35.3 Å². The van der Waals surface area contributed by atoms with Crippen LogP contribution < -0.4 is 0 Å². The van der Waals surface area contributed by atoms with Crippen LogP contribution in [0.1, 0.15) is 36.0 Å². The summed E-state index contributed by atoms with van der Waals surface area (Å²) in [7, 11) is 0. The maximum atomic E-state index is 12.8. The van der Waals surface area contributed by atoms with E-state index in [1.165, 1.54) is 19.4 Å². The Morgan fingerprint density at radius 3 is 2.95 bits per heavy atom. The van der Waals surface area contributed by atoms with Crippen molar-refractivity contribution in [2.45, 2.75) is 25.7 Å². The molecule has 0 N–H and O–H groups in total. The molecule has 1 atom stereocenters. The molecule has 1 aliphatic carbocycles. The Morgan fingerprint density at radius 2 is 2.09 bits per heavy atom. The topological polar surface area (TPSA) is 33.2 Å². The third-order valence-corrected chi connectivity index (χ3v) is 4.96. The summed E-state index contributed by atoms with van der Waals surface area (Å²) in [5.41, 5.74) is 1.73. The zero-order valence-electron chi connectivity index (χ0n) is 12.9. The van der Waals surface area contributed by atoms with E-state index in [4.69, 9.17) is 0 Å². The number of nitrogens with zero attached hydrogens (tertiary/aromatic N) is 2. The summed E-state index contributed by atoms with van der Waals surface area (Å²) in [5.74, 6) is 1.32. The minimum atomic E-state index is 0.149. The molecule has 1 saturated heterocycles. The maximum absolute atomic E-state index is 12.8. The number of ketones is 1. The lowest BCUT2D eigenvalue weighted by molar-refractivity contribution is 0.0814. The molecule has 2 aromatic rings. The van der Waals surface area contributed by atoms with Crippen LogP contribution >= 0.6 is 0 Å². The van der Waals surface area contributed by atoms with E-state index in [0.717, 1.165) is 48.3 Å². The van der Waals surface area contributed by atoms with E-state index >= 15 is 0 Å². The van der Waals surface area contributed by atoms with Crippen molar-refractivity contribution in [1.29, 1.82) is 0 Å². The molecule has 0 bridgehead atoms. The molecule has 0 amide bonds. The number of Topliss-reactive ketones (excluding diaryl/α,β-unsaturated/α-hetero) is 1. The Kier molecular flexibility index (Phi) is 3.67. The van der Waals surface area contributed by atoms with Gasteiger partial charge in [-0.15, -0.1) is 0 Å². The molecular weight excluding hydrogens is 272 g/mol. The van der Waals surface area contributed by atoms with E-state index in [2.05, 4.69) is 9.88 Å². The van der Waals surface area contributed by atoms with Crippen LogP contribution in [-0.2, 0) is 0 Å². The van der Waals surface area contributed by atoms with Crippen molar-refractivity contribution >= 4 is 16.7 Å². The molecule has 0 spiro atoms. The largest absolute Gasteiger partial charge is 0.302 e. The average Bonchev–Trinajstić information content (AvgIpc) is 3.38. The quantitative estimate of drug-likeness (QED) is 0.809. The second kappa shape index (κ2) is 5.81. The number of para-hydroxylation sites is 1. The Morgan fingerprint density at radius 1 is 1.23 bits per heavy atom. The summed E-state index contributed by atoms with van der Waals surface area (Å²) in [6.07, 6.45) is 6.68. The summed E-state index contributed by atoms with van der Waals surface area (Å²) < 4.78 is 0. The summed E-state index contributed by atoms with van der Waals surface area (Å²) in [5, 5.41) is 1.05. The van der Waals surface area contributed by atoms with Gasteiger partial charge in [0.2, 0.25) is 0 Å². The Bertz CT molecular complexity index is 693. The molecule has 1 aromatic heterocycles. The van der Waals surface area contributed by atoms with Gasteiger partial charge in [0.25, 0.3) is 0 Å². The van der Waals surface area contributed by atoms with Crippen molar-refractivity contribution in [3.05, 3.63) is 42.1 Å². The number of hydrogen-bond acceptors (Lipinski definition) is 3. The monoisotopic (exact) mass is 294 g/mol. The van der Waals surface area contributed by atoms with Gasteiger partial charge in [0.15, 0.2) is 5.78 Å². The van der Waals surface area contributed by atoms with Crippen LogP contribution in [0.3, 0.4) is 0 Å². The molecule has 4 rings (SSSR count). The fraction of sp³-hybridized carbons (Fsp3) is 0.474. The molecule has 2 aliphatic rings. The zero-order valence-corrected chi connectivity index (χ0v) is 12.9. The summed E-state index contributed by atoms with van der Waals surface area (Å²) in [4.78, 5) is 19.8. The van der Waals surface area contributed by atoms with Gasteiger partial charge in [-0.05, 0) is 50.3 Å². The number of pyridine rings is 1. The molecule has 1 aliphatic heterocycles. The Balaban J connectivity index is 1.51. The van der Waals surface area contributed by atoms with E-state index in [1.54, 1.807) is 6.20 Å². The normalized spacial score (nSPS) is 22.8. The molecule has 0 radical (unpaired) electrons. The molecule has 3 heteroatoms. The highest BCUT2D eigenvalue weighted by molar-refractivity contribution is 6.00. The predicted molar refractivity (Wildman–Crippen MR) is 88.0 cm³/mol.